The smallest absolute Gasteiger partial charge is 0.0395 e. The molecule has 0 spiro atoms. The van der Waals surface area contributed by atoms with Gasteiger partial charge in [-0.2, -0.15) is 11.8 Å². The molecule has 3 heteroatoms. The van der Waals surface area contributed by atoms with Gasteiger partial charge in [0.15, 0.2) is 0 Å². The lowest BCUT2D eigenvalue weighted by Gasteiger charge is -2.32. The van der Waals surface area contributed by atoms with Crippen molar-refractivity contribution in [3.8, 4) is 0 Å². The SMILES string of the molecule is CC1(C(Cc2ccccc2)NN)CCCS1. The molecule has 2 rings (SSSR count). The monoisotopic (exact) mass is 236 g/mol. The maximum Gasteiger partial charge on any atom is 0.0395 e. The molecule has 1 heterocycles. The number of thioether (sulfide) groups is 1. The molecule has 2 unspecified atom stereocenters. The van der Waals surface area contributed by atoms with Crippen LogP contribution in [0.1, 0.15) is 25.3 Å². The van der Waals surface area contributed by atoms with Crippen LogP contribution < -0.4 is 11.3 Å². The lowest BCUT2D eigenvalue weighted by Crippen LogP contribution is -2.49. The Balaban J connectivity index is 2.06. The first kappa shape index (κ1) is 12.0. The fourth-order valence-electron chi connectivity index (χ4n) is 2.38. The van der Waals surface area contributed by atoms with Gasteiger partial charge in [0.2, 0.25) is 0 Å². The van der Waals surface area contributed by atoms with Gasteiger partial charge in [-0.05, 0) is 37.5 Å². The van der Waals surface area contributed by atoms with E-state index in [1.165, 1.54) is 24.2 Å². The zero-order valence-electron chi connectivity index (χ0n) is 9.78. The highest BCUT2D eigenvalue weighted by atomic mass is 32.2. The fraction of sp³-hybridized carbons (Fsp3) is 0.538. The lowest BCUT2D eigenvalue weighted by atomic mass is 9.91. The van der Waals surface area contributed by atoms with Crippen LogP contribution in [0.25, 0.3) is 0 Å². The van der Waals surface area contributed by atoms with Gasteiger partial charge in [-0.1, -0.05) is 30.3 Å². The van der Waals surface area contributed by atoms with Crippen molar-refractivity contribution in [2.75, 3.05) is 5.75 Å². The maximum absolute atomic E-state index is 5.72. The summed E-state index contributed by atoms with van der Waals surface area (Å²) in [6.45, 7) is 2.33. The Hall–Kier alpha value is -0.510. The molecule has 16 heavy (non-hydrogen) atoms. The van der Waals surface area contributed by atoms with Crippen LogP contribution in [0.4, 0.5) is 0 Å². The van der Waals surface area contributed by atoms with E-state index in [1.54, 1.807) is 0 Å². The second kappa shape index (κ2) is 5.21. The summed E-state index contributed by atoms with van der Waals surface area (Å²) in [7, 11) is 0. The van der Waals surface area contributed by atoms with Gasteiger partial charge in [-0.15, -0.1) is 0 Å². The van der Waals surface area contributed by atoms with E-state index < -0.39 is 0 Å². The third kappa shape index (κ3) is 2.59. The van der Waals surface area contributed by atoms with Crippen molar-refractivity contribution < 1.29 is 0 Å². The van der Waals surface area contributed by atoms with Crippen molar-refractivity contribution in [2.45, 2.75) is 37.0 Å². The molecule has 1 aromatic rings. The van der Waals surface area contributed by atoms with Crippen molar-refractivity contribution in [3.63, 3.8) is 0 Å². The van der Waals surface area contributed by atoms with Crippen molar-refractivity contribution in [1.29, 1.82) is 0 Å². The maximum atomic E-state index is 5.72. The zero-order chi connectivity index (χ0) is 11.4. The third-order valence-electron chi connectivity index (χ3n) is 3.47. The molecule has 2 nitrogen and oxygen atoms in total. The van der Waals surface area contributed by atoms with Crippen LogP contribution in [0.15, 0.2) is 30.3 Å². The topological polar surface area (TPSA) is 38.0 Å². The van der Waals surface area contributed by atoms with Crippen molar-refractivity contribution >= 4 is 11.8 Å². The summed E-state index contributed by atoms with van der Waals surface area (Å²) >= 11 is 2.05. The molecular formula is C13H20N2S. The Morgan fingerprint density at radius 3 is 2.75 bits per heavy atom. The minimum absolute atomic E-state index is 0.296. The van der Waals surface area contributed by atoms with Crippen LogP contribution in [-0.4, -0.2) is 16.5 Å². The van der Waals surface area contributed by atoms with Gasteiger partial charge in [0.1, 0.15) is 0 Å². The molecule has 1 saturated heterocycles. The van der Waals surface area contributed by atoms with Gasteiger partial charge in [0.05, 0.1) is 0 Å². The van der Waals surface area contributed by atoms with Gasteiger partial charge >= 0.3 is 0 Å². The van der Waals surface area contributed by atoms with E-state index in [1.807, 2.05) is 0 Å². The van der Waals surface area contributed by atoms with Gasteiger partial charge in [-0.25, -0.2) is 0 Å². The Kier molecular flexibility index (Phi) is 3.90. The fourth-order valence-corrected chi connectivity index (χ4v) is 3.77. The van der Waals surface area contributed by atoms with Gasteiger partial charge < -0.3 is 0 Å². The lowest BCUT2D eigenvalue weighted by molar-refractivity contribution is 0.405. The Bertz CT molecular complexity index is 320. The molecular weight excluding hydrogens is 216 g/mol. The molecule has 88 valence electrons. The molecule has 0 aromatic heterocycles. The van der Waals surface area contributed by atoms with Crippen LogP contribution in [0.3, 0.4) is 0 Å². The quantitative estimate of drug-likeness (QED) is 0.622. The van der Waals surface area contributed by atoms with Gasteiger partial charge in [0.25, 0.3) is 0 Å². The Morgan fingerprint density at radius 2 is 2.19 bits per heavy atom. The Morgan fingerprint density at radius 1 is 1.44 bits per heavy atom. The second-order valence-electron chi connectivity index (χ2n) is 4.67. The van der Waals surface area contributed by atoms with Crippen LogP contribution in [0.5, 0.6) is 0 Å². The van der Waals surface area contributed by atoms with Gasteiger partial charge in [-0.3, -0.25) is 11.3 Å². The first-order chi connectivity index (χ1) is 7.74. The summed E-state index contributed by atoms with van der Waals surface area (Å²) in [5, 5.41) is 0. The van der Waals surface area contributed by atoms with Crippen LogP contribution >= 0.6 is 11.8 Å². The first-order valence-corrected chi connectivity index (χ1v) is 6.87. The molecule has 1 aromatic carbocycles. The summed E-state index contributed by atoms with van der Waals surface area (Å²) in [6.07, 6.45) is 3.59. The molecule has 0 bridgehead atoms. The number of hydrogen-bond acceptors (Lipinski definition) is 3. The largest absolute Gasteiger partial charge is 0.271 e. The summed E-state index contributed by atoms with van der Waals surface area (Å²) in [4.78, 5) is 0. The Labute approximate surface area is 102 Å². The van der Waals surface area contributed by atoms with E-state index in [-0.39, 0.29) is 0 Å². The predicted molar refractivity (Wildman–Crippen MR) is 71.4 cm³/mol. The van der Waals surface area contributed by atoms with Crippen molar-refractivity contribution in [3.05, 3.63) is 35.9 Å². The standard InChI is InChI=1S/C13H20N2S/c1-13(8-5-9-16-13)12(15-14)10-11-6-3-2-4-7-11/h2-4,6-7,12,15H,5,8-10,14H2,1H3. The van der Waals surface area contributed by atoms with E-state index in [4.69, 9.17) is 5.84 Å². The number of nitrogens with two attached hydrogens (primary N) is 1. The van der Waals surface area contributed by atoms with Crippen LogP contribution in [0, 0.1) is 0 Å². The molecule has 2 atom stereocenters. The number of nitrogens with one attached hydrogen (secondary N) is 1. The van der Waals surface area contributed by atoms with Gasteiger partial charge in [0, 0.05) is 10.8 Å². The van der Waals surface area contributed by atoms with E-state index in [2.05, 4.69) is 54.4 Å². The first-order valence-electron chi connectivity index (χ1n) is 5.88. The minimum Gasteiger partial charge on any atom is -0.271 e. The zero-order valence-corrected chi connectivity index (χ0v) is 10.6. The highest BCUT2D eigenvalue weighted by molar-refractivity contribution is 8.00. The summed E-state index contributed by atoms with van der Waals surface area (Å²) in [5.74, 6) is 6.99. The molecule has 3 N–H and O–H groups in total. The molecule has 1 aliphatic heterocycles. The van der Waals surface area contributed by atoms with E-state index in [9.17, 15) is 0 Å². The van der Waals surface area contributed by atoms with E-state index >= 15 is 0 Å². The van der Waals surface area contributed by atoms with Crippen molar-refractivity contribution in [1.82, 2.24) is 5.43 Å². The molecule has 0 radical (unpaired) electrons. The van der Waals surface area contributed by atoms with Crippen LogP contribution in [0.2, 0.25) is 0 Å². The third-order valence-corrected chi connectivity index (χ3v) is 5.11. The number of hydrazine groups is 1. The summed E-state index contributed by atoms with van der Waals surface area (Å²) < 4.78 is 0.296. The predicted octanol–water partition coefficient (Wildman–Crippen LogP) is 2.35. The summed E-state index contributed by atoms with van der Waals surface area (Å²) in [5.41, 5.74) is 4.37. The molecule has 0 aliphatic carbocycles. The normalized spacial score (nSPS) is 26.9. The number of hydrogen-bond donors (Lipinski definition) is 2. The highest BCUT2D eigenvalue weighted by Crippen LogP contribution is 2.41. The minimum atomic E-state index is 0.296. The summed E-state index contributed by atoms with van der Waals surface area (Å²) in [6, 6.07) is 10.9. The average molecular weight is 236 g/mol. The number of benzene rings is 1. The molecule has 1 fully saturated rings. The molecule has 1 aliphatic rings. The van der Waals surface area contributed by atoms with Crippen molar-refractivity contribution in [2.24, 2.45) is 5.84 Å². The van der Waals surface area contributed by atoms with Crippen LogP contribution in [-0.2, 0) is 6.42 Å². The molecule has 0 saturated carbocycles. The number of rotatable bonds is 4. The highest BCUT2D eigenvalue weighted by Gasteiger charge is 2.37. The average Bonchev–Trinajstić information content (AvgIpc) is 2.75. The molecule has 0 amide bonds. The van der Waals surface area contributed by atoms with E-state index in [0.29, 0.717) is 10.8 Å². The second-order valence-corrected chi connectivity index (χ2v) is 6.30. The van der Waals surface area contributed by atoms with E-state index in [0.717, 1.165) is 6.42 Å².